The van der Waals surface area contributed by atoms with E-state index in [1.54, 1.807) is 4.68 Å². The Morgan fingerprint density at radius 2 is 2.58 bits per heavy atom. The first-order chi connectivity index (χ1) is 5.77. The Morgan fingerprint density at radius 1 is 1.75 bits per heavy atom. The van der Waals surface area contributed by atoms with Gasteiger partial charge in [0.1, 0.15) is 11.9 Å². The second kappa shape index (κ2) is 2.79. The summed E-state index contributed by atoms with van der Waals surface area (Å²) in [5, 5.41) is 4.26. The van der Waals surface area contributed by atoms with Crippen molar-refractivity contribution in [1.82, 2.24) is 9.78 Å². The number of hydrogen-bond donors (Lipinski definition) is 1. The van der Waals surface area contributed by atoms with Crippen molar-refractivity contribution >= 4 is 5.82 Å². The second-order valence-corrected chi connectivity index (χ2v) is 3.12. The molecular weight excluding hydrogens is 154 g/mol. The number of aromatic nitrogens is 2. The van der Waals surface area contributed by atoms with E-state index < -0.39 is 0 Å². The highest BCUT2D eigenvalue weighted by Gasteiger charge is 2.20. The van der Waals surface area contributed by atoms with E-state index >= 15 is 0 Å². The predicted molar refractivity (Wildman–Crippen MR) is 45.5 cm³/mol. The number of nitrogens with zero attached hydrogens (tertiary/aromatic N) is 2. The Balaban J connectivity index is 2.21. The zero-order valence-electron chi connectivity index (χ0n) is 7.16. The number of rotatable bonds is 1. The van der Waals surface area contributed by atoms with E-state index in [2.05, 4.69) is 5.10 Å². The first-order valence-electron chi connectivity index (χ1n) is 4.18. The van der Waals surface area contributed by atoms with Gasteiger partial charge in [0, 0.05) is 19.7 Å². The van der Waals surface area contributed by atoms with Crippen LogP contribution in [0.1, 0.15) is 24.6 Å². The van der Waals surface area contributed by atoms with Crippen LogP contribution in [-0.2, 0) is 11.8 Å². The maximum absolute atomic E-state index is 5.65. The average Bonchev–Trinajstić information content (AvgIpc) is 2.61. The van der Waals surface area contributed by atoms with E-state index in [1.807, 2.05) is 13.1 Å². The lowest BCUT2D eigenvalue weighted by Crippen LogP contribution is -1.99. The molecule has 0 saturated carbocycles. The lowest BCUT2D eigenvalue weighted by atomic mass is 10.2. The van der Waals surface area contributed by atoms with Gasteiger partial charge in [-0.05, 0) is 12.8 Å². The molecule has 0 radical (unpaired) electrons. The Morgan fingerprint density at radius 3 is 3.08 bits per heavy atom. The van der Waals surface area contributed by atoms with Gasteiger partial charge in [0.05, 0.1) is 5.69 Å². The number of nitrogen functional groups attached to an aromatic ring is 1. The Labute approximate surface area is 71.3 Å². The molecule has 1 aliphatic heterocycles. The van der Waals surface area contributed by atoms with E-state index in [0.717, 1.165) is 25.1 Å². The van der Waals surface area contributed by atoms with Crippen molar-refractivity contribution in [2.75, 3.05) is 12.3 Å². The maximum Gasteiger partial charge on any atom is 0.121 e. The normalized spacial score (nSPS) is 23.2. The molecule has 1 fully saturated rings. The summed E-state index contributed by atoms with van der Waals surface area (Å²) in [4.78, 5) is 0. The Kier molecular flexibility index (Phi) is 1.77. The molecule has 0 aliphatic carbocycles. The quantitative estimate of drug-likeness (QED) is 0.674. The monoisotopic (exact) mass is 167 g/mol. The minimum Gasteiger partial charge on any atom is -0.384 e. The van der Waals surface area contributed by atoms with Crippen LogP contribution < -0.4 is 5.73 Å². The highest BCUT2D eigenvalue weighted by atomic mass is 16.5. The summed E-state index contributed by atoms with van der Waals surface area (Å²) in [5.41, 5.74) is 6.62. The van der Waals surface area contributed by atoms with Crippen LogP contribution in [0.3, 0.4) is 0 Å². The highest BCUT2D eigenvalue weighted by Crippen LogP contribution is 2.27. The molecule has 1 aliphatic rings. The van der Waals surface area contributed by atoms with Crippen molar-refractivity contribution in [3.05, 3.63) is 11.8 Å². The fraction of sp³-hybridized carbons (Fsp3) is 0.625. The summed E-state index contributed by atoms with van der Waals surface area (Å²) in [6.45, 7) is 0.848. The third-order valence-corrected chi connectivity index (χ3v) is 2.19. The summed E-state index contributed by atoms with van der Waals surface area (Å²) in [5.74, 6) is 0.695. The van der Waals surface area contributed by atoms with Gasteiger partial charge >= 0.3 is 0 Å². The molecule has 2 N–H and O–H groups in total. The summed E-state index contributed by atoms with van der Waals surface area (Å²) < 4.78 is 7.15. The summed E-state index contributed by atoms with van der Waals surface area (Å²) in [6, 6.07) is 1.88. The minimum absolute atomic E-state index is 0.175. The zero-order valence-corrected chi connectivity index (χ0v) is 7.16. The molecule has 1 saturated heterocycles. The summed E-state index contributed by atoms with van der Waals surface area (Å²) in [6.07, 6.45) is 2.37. The van der Waals surface area contributed by atoms with Gasteiger partial charge in [-0.2, -0.15) is 5.10 Å². The first-order valence-corrected chi connectivity index (χ1v) is 4.18. The van der Waals surface area contributed by atoms with Gasteiger partial charge in [0.15, 0.2) is 0 Å². The fourth-order valence-electron chi connectivity index (χ4n) is 1.47. The molecule has 1 aromatic rings. The Hall–Kier alpha value is -1.03. The van der Waals surface area contributed by atoms with Crippen LogP contribution >= 0.6 is 0 Å². The van der Waals surface area contributed by atoms with Crippen LogP contribution in [0.5, 0.6) is 0 Å². The third kappa shape index (κ3) is 1.18. The molecule has 0 amide bonds. The number of ether oxygens (including phenoxy) is 1. The second-order valence-electron chi connectivity index (χ2n) is 3.12. The topological polar surface area (TPSA) is 53.1 Å². The molecule has 0 bridgehead atoms. The van der Waals surface area contributed by atoms with Crippen LogP contribution in [0.15, 0.2) is 6.07 Å². The van der Waals surface area contributed by atoms with Gasteiger partial charge in [-0.25, -0.2) is 0 Å². The standard InChI is InChI=1S/C8H13N3O/c1-11-8(9)5-6(10-11)7-3-2-4-12-7/h5,7H,2-4,9H2,1H3/t7-/m1/s1. The van der Waals surface area contributed by atoms with Crippen molar-refractivity contribution in [1.29, 1.82) is 0 Å². The van der Waals surface area contributed by atoms with E-state index in [9.17, 15) is 0 Å². The lowest BCUT2D eigenvalue weighted by molar-refractivity contribution is 0.108. The van der Waals surface area contributed by atoms with Crippen LogP contribution in [-0.4, -0.2) is 16.4 Å². The number of anilines is 1. The molecule has 0 aromatic carbocycles. The van der Waals surface area contributed by atoms with Crippen LogP contribution in [0, 0.1) is 0 Å². The lowest BCUT2D eigenvalue weighted by Gasteiger charge is -2.03. The van der Waals surface area contributed by atoms with E-state index in [4.69, 9.17) is 10.5 Å². The van der Waals surface area contributed by atoms with E-state index in [1.165, 1.54) is 0 Å². The molecule has 1 atom stereocenters. The molecule has 2 heterocycles. The number of hydrogen-bond acceptors (Lipinski definition) is 3. The zero-order chi connectivity index (χ0) is 8.55. The first kappa shape index (κ1) is 7.61. The predicted octanol–water partition coefficient (Wildman–Crippen LogP) is 0.854. The smallest absolute Gasteiger partial charge is 0.121 e. The molecule has 2 rings (SSSR count). The maximum atomic E-state index is 5.65. The summed E-state index contributed by atoms with van der Waals surface area (Å²) in [7, 11) is 1.84. The fourth-order valence-corrected chi connectivity index (χ4v) is 1.47. The SMILES string of the molecule is Cn1nc([C@H]2CCCO2)cc1N. The minimum atomic E-state index is 0.175. The molecule has 4 heteroatoms. The number of aryl methyl sites for hydroxylation is 1. The Bertz CT molecular complexity index is 256. The molecular formula is C8H13N3O. The summed E-state index contributed by atoms with van der Waals surface area (Å²) >= 11 is 0. The van der Waals surface area contributed by atoms with Gasteiger partial charge in [-0.1, -0.05) is 0 Å². The van der Waals surface area contributed by atoms with Crippen LogP contribution in [0.25, 0.3) is 0 Å². The van der Waals surface area contributed by atoms with Gasteiger partial charge in [-0.3, -0.25) is 4.68 Å². The van der Waals surface area contributed by atoms with Gasteiger partial charge in [0.25, 0.3) is 0 Å². The molecule has 1 aromatic heterocycles. The van der Waals surface area contributed by atoms with Gasteiger partial charge in [0.2, 0.25) is 0 Å². The highest BCUT2D eigenvalue weighted by molar-refractivity contribution is 5.31. The third-order valence-electron chi connectivity index (χ3n) is 2.19. The van der Waals surface area contributed by atoms with Crippen molar-refractivity contribution in [2.24, 2.45) is 7.05 Å². The van der Waals surface area contributed by atoms with Crippen molar-refractivity contribution in [2.45, 2.75) is 18.9 Å². The molecule has 66 valence electrons. The van der Waals surface area contributed by atoms with E-state index in [-0.39, 0.29) is 6.10 Å². The van der Waals surface area contributed by atoms with Crippen molar-refractivity contribution < 1.29 is 4.74 Å². The average molecular weight is 167 g/mol. The van der Waals surface area contributed by atoms with E-state index in [0.29, 0.717) is 5.82 Å². The van der Waals surface area contributed by atoms with Crippen molar-refractivity contribution in [3.8, 4) is 0 Å². The molecule has 4 nitrogen and oxygen atoms in total. The number of nitrogens with two attached hydrogens (primary N) is 1. The van der Waals surface area contributed by atoms with Crippen molar-refractivity contribution in [3.63, 3.8) is 0 Å². The molecule has 0 unspecified atom stereocenters. The molecule has 0 spiro atoms. The molecule has 12 heavy (non-hydrogen) atoms. The van der Waals surface area contributed by atoms with Crippen LogP contribution in [0.4, 0.5) is 5.82 Å². The largest absolute Gasteiger partial charge is 0.384 e. The van der Waals surface area contributed by atoms with Gasteiger partial charge < -0.3 is 10.5 Å². The van der Waals surface area contributed by atoms with Gasteiger partial charge in [-0.15, -0.1) is 0 Å². The van der Waals surface area contributed by atoms with Crippen LogP contribution in [0.2, 0.25) is 0 Å².